The summed E-state index contributed by atoms with van der Waals surface area (Å²) < 4.78 is 49.2. The van der Waals surface area contributed by atoms with Gasteiger partial charge in [0.2, 0.25) is 0 Å². The summed E-state index contributed by atoms with van der Waals surface area (Å²) in [4.78, 5) is 8.79. The summed E-state index contributed by atoms with van der Waals surface area (Å²) in [6.45, 7) is -5.57. The molecule has 14 heavy (non-hydrogen) atoms. The van der Waals surface area contributed by atoms with Gasteiger partial charge in [0.1, 0.15) is 0 Å². The van der Waals surface area contributed by atoms with Crippen LogP contribution in [0, 0.1) is 15.9 Å². The van der Waals surface area contributed by atoms with E-state index < -0.39 is 28.9 Å². The number of nitro groups is 1. The van der Waals surface area contributed by atoms with Gasteiger partial charge in [-0.2, -0.15) is 4.39 Å². The lowest BCUT2D eigenvalue weighted by molar-refractivity contribution is -0.386. The molecule has 76 valence electrons. The van der Waals surface area contributed by atoms with Crippen LogP contribution in [-0.4, -0.2) is 11.9 Å². The van der Waals surface area contributed by atoms with Gasteiger partial charge in [0.15, 0.2) is 5.82 Å². The van der Waals surface area contributed by atoms with Crippen molar-refractivity contribution >= 4 is 18.1 Å². The van der Waals surface area contributed by atoms with Crippen LogP contribution >= 0.6 is 0 Å². The molecular formula is C6H3BF4NO2-. The van der Waals surface area contributed by atoms with Crippen LogP contribution in [0.15, 0.2) is 18.2 Å². The second-order valence-corrected chi connectivity index (χ2v) is 2.51. The van der Waals surface area contributed by atoms with Gasteiger partial charge < -0.3 is 12.9 Å². The van der Waals surface area contributed by atoms with Crippen molar-refractivity contribution in [2.75, 3.05) is 0 Å². The molecule has 0 saturated heterocycles. The molecule has 0 heterocycles. The molecule has 0 saturated carbocycles. The molecule has 0 aliphatic heterocycles. The highest BCUT2D eigenvalue weighted by atomic mass is 19.4. The molecule has 1 aromatic carbocycles. The Hall–Kier alpha value is -1.60. The van der Waals surface area contributed by atoms with Gasteiger partial charge in [0.25, 0.3) is 5.69 Å². The van der Waals surface area contributed by atoms with Crippen molar-refractivity contribution < 1.29 is 22.3 Å². The van der Waals surface area contributed by atoms with Crippen molar-refractivity contribution in [3.05, 3.63) is 34.1 Å². The van der Waals surface area contributed by atoms with E-state index in [1.54, 1.807) is 0 Å². The molecule has 0 fully saturated rings. The van der Waals surface area contributed by atoms with Crippen LogP contribution in [0.4, 0.5) is 23.0 Å². The Balaban J connectivity index is 3.44. The van der Waals surface area contributed by atoms with E-state index in [4.69, 9.17) is 0 Å². The lowest BCUT2D eigenvalue weighted by atomic mass is 9.79. The van der Waals surface area contributed by atoms with Gasteiger partial charge in [-0.15, -0.1) is 0 Å². The van der Waals surface area contributed by atoms with Crippen LogP contribution in [0.1, 0.15) is 0 Å². The van der Waals surface area contributed by atoms with Gasteiger partial charge in [-0.25, -0.2) is 0 Å². The van der Waals surface area contributed by atoms with Crippen LogP contribution < -0.4 is 5.46 Å². The van der Waals surface area contributed by atoms with E-state index in [-0.39, 0.29) is 0 Å². The molecule has 0 unspecified atom stereocenters. The number of rotatable bonds is 2. The summed E-state index contributed by atoms with van der Waals surface area (Å²) in [5.74, 6) is -1.48. The summed E-state index contributed by atoms with van der Waals surface area (Å²) >= 11 is 0. The van der Waals surface area contributed by atoms with E-state index in [1.807, 2.05) is 0 Å². The maximum absolute atomic E-state index is 12.7. The number of nitrogens with zero attached hydrogens (tertiary/aromatic N) is 1. The zero-order valence-electron chi connectivity index (χ0n) is 6.58. The maximum atomic E-state index is 12.7. The summed E-state index contributed by atoms with van der Waals surface area (Å²) in [5.41, 5.74) is -3.03. The average molecular weight is 208 g/mol. The molecule has 0 aliphatic rings. The molecule has 3 nitrogen and oxygen atoms in total. The molecule has 1 rings (SSSR count). The zero-order valence-corrected chi connectivity index (χ0v) is 6.58. The minimum atomic E-state index is -5.57. The summed E-state index contributed by atoms with van der Waals surface area (Å²) in [6.07, 6.45) is 0. The zero-order chi connectivity index (χ0) is 10.9. The third kappa shape index (κ3) is 1.83. The van der Waals surface area contributed by atoms with Gasteiger partial charge in [-0.05, 0) is 11.5 Å². The van der Waals surface area contributed by atoms with Gasteiger partial charge in [-0.1, -0.05) is 12.1 Å². The summed E-state index contributed by atoms with van der Waals surface area (Å²) in [6, 6.07) is 1.89. The molecule has 0 atom stereocenters. The fourth-order valence-corrected chi connectivity index (χ4v) is 0.989. The van der Waals surface area contributed by atoms with E-state index in [0.29, 0.717) is 12.1 Å². The molecule has 0 aromatic heterocycles. The Kier molecular flexibility index (Phi) is 2.46. The highest BCUT2D eigenvalue weighted by Gasteiger charge is 2.35. The molecule has 0 amide bonds. The van der Waals surface area contributed by atoms with Crippen molar-refractivity contribution in [3.63, 3.8) is 0 Å². The Morgan fingerprint density at radius 3 is 2.21 bits per heavy atom. The SMILES string of the molecule is O=[N+]([O-])c1c(F)cccc1[B-](F)(F)F. The third-order valence-electron chi connectivity index (χ3n) is 1.55. The Morgan fingerprint density at radius 2 is 1.86 bits per heavy atom. The van der Waals surface area contributed by atoms with Crippen molar-refractivity contribution in [1.29, 1.82) is 0 Å². The number of nitro benzene ring substituents is 1. The van der Waals surface area contributed by atoms with Crippen molar-refractivity contribution in [1.82, 2.24) is 0 Å². The molecule has 0 bridgehead atoms. The van der Waals surface area contributed by atoms with Crippen LogP contribution in [0.25, 0.3) is 0 Å². The molecule has 0 radical (unpaired) electrons. The van der Waals surface area contributed by atoms with Gasteiger partial charge in [-0.3, -0.25) is 10.1 Å². The Bertz CT molecular complexity index is 379. The van der Waals surface area contributed by atoms with E-state index in [0.717, 1.165) is 6.07 Å². The van der Waals surface area contributed by atoms with Crippen molar-refractivity contribution in [2.24, 2.45) is 0 Å². The highest BCUT2D eigenvalue weighted by molar-refractivity contribution is 6.74. The van der Waals surface area contributed by atoms with Crippen molar-refractivity contribution in [3.8, 4) is 0 Å². The first-order valence-corrected chi connectivity index (χ1v) is 3.47. The maximum Gasteiger partial charge on any atom is 0.516 e. The van der Waals surface area contributed by atoms with E-state index >= 15 is 0 Å². The topological polar surface area (TPSA) is 43.1 Å². The predicted molar refractivity (Wildman–Crippen MR) is 41.8 cm³/mol. The first-order chi connectivity index (χ1) is 6.34. The number of halogens is 4. The minimum Gasteiger partial charge on any atom is -0.445 e. The Labute approximate surface area is 75.6 Å². The van der Waals surface area contributed by atoms with Gasteiger partial charge in [0, 0.05) is 0 Å². The third-order valence-corrected chi connectivity index (χ3v) is 1.55. The van der Waals surface area contributed by atoms with E-state index in [1.165, 1.54) is 0 Å². The fraction of sp³-hybridized carbons (Fsp3) is 0. The monoisotopic (exact) mass is 208 g/mol. The quantitative estimate of drug-likeness (QED) is 0.321. The number of hydrogen-bond acceptors (Lipinski definition) is 2. The lowest BCUT2D eigenvalue weighted by Crippen LogP contribution is -2.36. The molecule has 8 heteroatoms. The second-order valence-electron chi connectivity index (χ2n) is 2.51. The fourth-order valence-electron chi connectivity index (χ4n) is 0.989. The number of benzene rings is 1. The summed E-state index contributed by atoms with van der Waals surface area (Å²) in [5, 5.41) is 10.2. The molecule has 0 N–H and O–H groups in total. The first-order valence-electron chi connectivity index (χ1n) is 3.47. The first kappa shape index (κ1) is 10.5. The number of para-hydroxylation sites is 1. The summed E-state index contributed by atoms with van der Waals surface area (Å²) in [7, 11) is 0. The van der Waals surface area contributed by atoms with Crippen LogP contribution in [0.2, 0.25) is 0 Å². The van der Waals surface area contributed by atoms with Crippen molar-refractivity contribution in [2.45, 2.75) is 0 Å². The average Bonchev–Trinajstić information content (AvgIpc) is 2.01. The van der Waals surface area contributed by atoms with Crippen LogP contribution in [-0.2, 0) is 0 Å². The van der Waals surface area contributed by atoms with E-state index in [9.17, 15) is 27.5 Å². The smallest absolute Gasteiger partial charge is 0.445 e. The highest BCUT2D eigenvalue weighted by Crippen LogP contribution is 2.20. The molecule has 0 spiro atoms. The van der Waals surface area contributed by atoms with Gasteiger partial charge >= 0.3 is 6.98 Å². The molecule has 1 aromatic rings. The lowest BCUT2D eigenvalue weighted by Gasteiger charge is -2.14. The normalized spacial score (nSPS) is 11.4. The number of hydrogen-bond donors (Lipinski definition) is 0. The van der Waals surface area contributed by atoms with Gasteiger partial charge in [0.05, 0.1) is 4.92 Å². The van der Waals surface area contributed by atoms with Crippen LogP contribution in [0.3, 0.4) is 0 Å². The molecular weight excluding hydrogens is 205 g/mol. The predicted octanol–water partition coefficient (Wildman–Crippen LogP) is 1.79. The Morgan fingerprint density at radius 1 is 1.29 bits per heavy atom. The largest absolute Gasteiger partial charge is 0.516 e. The molecule has 0 aliphatic carbocycles. The minimum absolute atomic E-state index is 0.487. The standard InChI is InChI=1S/C6H3BF4NO2/c8-5-3-1-2-4(7(9,10)11)6(5)12(13)14/h1-3H/q-1. The second kappa shape index (κ2) is 3.28. The van der Waals surface area contributed by atoms with E-state index in [2.05, 4.69) is 0 Å². The van der Waals surface area contributed by atoms with Crippen LogP contribution in [0.5, 0.6) is 0 Å².